The maximum atomic E-state index is 11.7. The molecule has 1 fully saturated rings. The van der Waals surface area contributed by atoms with Gasteiger partial charge in [-0.15, -0.1) is 0 Å². The van der Waals surface area contributed by atoms with E-state index in [1.165, 1.54) is 0 Å². The molecule has 1 unspecified atom stereocenters. The van der Waals surface area contributed by atoms with Crippen LogP contribution in [-0.2, 0) is 6.54 Å². The zero-order chi connectivity index (χ0) is 18.7. The van der Waals surface area contributed by atoms with Crippen LogP contribution in [0.1, 0.15) is 29.4 Å². The summed E-state index contributed by atoms with van der Waals surface area (Å²) >= 11 is 0. The molecule has 0 amide bonds. The molecule has 1 N–H and O–H groups in total. The van der Waals surface area contributed by atoms with E-state index in [-0.39, 0.29) is 11.5 Å². The number of ether oxygens (including phenoxy) is 3. The lowest BCUT2D eigenvalue weighted by molar-refractivity contribution is 0.312. The highest BCUT2D eigenvalue weighted by Gasteiger charge is 2.26. The fourth-order valence-electron chi connectivity index (χ4n) is 3.51. The number of aromatic nitrogens is 2. The number of rotatable bonds is 6. The number of hydrogen-bond acceptors (Lipinski definition) is 6. The van der Waals surface area contributed by atoms with Gasteiger partial charge in [-0.2, -0.15) is 0 Å². The molecule has 1 saturated heterocycles. The first-order valence-corrected chi connectivity index (χ1v) is 8.63. The summed E-state index contributed by atoms with van der Waals surface area (Å²) in [6, 6.07) is 5.56. The minimum absolute atomic E-state index is 0.0874. The quantitative estimate of drug-likeness (QED) is 0.851. The van der Waals surface area contributed by atoms with E-state index in [1.807, 2.05) is 19.1 Å². The number of benzene rings is 1. The number of hydrogen-bond donors (Lipinski definition) is 1. The van der Waals surface area contributed by atoms with Crippen molar-refractivity contribution in [2.45, 2.75) is 25.8 Å². The first kappa shape index (κ1) is 18.3. The molecule has 140 valence electrons. The van der Waals surface area contributed by atoms with Gasteiger partial charge in [-0.25, -0.2) is 4.98 Å². The van der Waals surface area contributed by atoms with Crippen molar-refractivity contribution in [2.24, 2.45) is 0 Å². The van der Waals surface area contributed by atoms with Crippen molar-refractivity contribution in [3.8, 4) is 17.2 Å². The maximum absolute atomic E-state index is 11.7. The van der Waals surface area contributed by atoms with Crippen molar-refractivity contribution in [1.82, 2.24) is 14.9 Å². The normalized spacial score (nSPS) is 17.3. The highest BCUT2D eigenvalue weighted by molar-refractivity contribution is 5.53. The zero-order valence-corrected chi connectivity index (χ0v) is 15.7. The van der Waals surface area contributed by atoms with E-state index in [0.717, 1.165) is 37.3 Å². The van der Waals surface area contributed by atoms with Gasteiger partial charge < -0.3 is 19.2 Å². The van der Waals surface area contributed by atoms with Gasteiger partial charge in [-0.3, -0.25) is 9.69 Å². The molecular weight excluding hydrogens is 334 g/mol. The summed E-state index contributed by atoms with van der Waals surface area (Å²) in [6.45, 7) is 4.41. The van der Waals surface area contributed by atoms with Crippen LogP contribution in [0.3, 0.4) is 0 Å². The van der Waals surface area contributed by atoms with Crippen molar-refractivity contribution in [3.05, 3.63) is 45.6 Å². The van der Waals surface area contributed by atoms with Crippen molar-refractivity contribution in [2.75, 3.05) is 34.4 Å². The molecule has 0 radical (unpaired) electrons. The molecule has 0 spiro atoms. The molecule has 3 rings (SSSR count). The Bertz CT molecular complexity index is 809. The second kappa shape index (κ2) is 7.78. The summed E-state index contributed by atoms with van der Waals surface area (Å²) in [5.74, 6) is 2.85. The average molecular weight is 359 g/mol. The van der Waals surface area contributed by atoms with Crippen LogP contribution in [0.15, 0.2) is 23.0 Å². The molecule has 2 aromatic rings. The summed E-state index contributed by atoms with van der Waals surface area (Å²) in [6.07, 6.45) is 0.986. The Morgan fingerprint density at radius 2 is 1.85 bits per heavy atom. The number of H-pyrrole nitrogens is 1. The van der Waals surface area contributed by atoms with Gasteiger partial charge in [0.2, 0.25) is 5.75 Å². The molecule has 0 saturated carbocycles. The van der Waals surface area contributed by atoms with Crippen LogP contribution in [0.25, 0.3) is 0 Å². The van der Waals surface area contributed by atoms with Crippen molar-refractivity contribution in [1.29, 1.82) is 0 Å². The van der Waals surface area contributed by atoms with Crippen LogP contribution >= 0.6 is 0 Å². The number of nitrogens with zero attached hydrogens (tertiary/aromatic N) is 2. The largest absolute Gasteiger partial charge is 0.493 e. The van der Waals surface area contributed by atoms with E-state index >= 15 is 0 Å². The van der Waals surface area contributed by atoms with Gasteiger partial charge in [-0.05, 0) is 37.6 Å². The summed E-state index contributed by atoms with van der Waals surface area (Å²) in [5, 5.41) is 0. The third-order valence-corrected chi connectivity index (χ3v) is 4.70. The van der Waals surface area contributed by atoms with Gasteiger partial charge >= 0.3 is 0 Å². The number of methoxy groups -OCH3 is 3. The van der Waals surface area contributed by atoms with Gasteiger partial charge in [0, 0.05) is 25.1 Å². The molecule has 2 heterocycles. The molecular formula is C19H25N3O4. The van der Waals surface area contributed by atoms with Gasteiger partial charge in [-0.1, -0.05) is 0 Å². The van der Waals surface area contributed by atoms with E-state index < -0.39 is 0 Å². The lowest BCUT2D eigenvalue weighted by Crippen LogP contribution is -2.21. The van der Waals surface area contributed by atoms with Crippen molar-refractivity contribution in [3.63, 3.8) is 0 Å². The molecule has 0 aliphatic carbocycles. The van der Waals surface area contributed by atoms with Crippen LogP contribution in [0.2, 0.25) is 0 Å². The van der Waals surface area contributed by atoms with E-state index in [4.69, 9.17) is 14.2 Å². The molecule has 1 atom stereocenters. The summed E-state index contributed by atoms with van der Waals surface area (Å²) in [5.41, 5.74) is 1.88. The maximum Gasteiger partial charge on any atom is 0.251 e. The van der Waals surface area contributed by atoms with E-state index in [0.29, 0.717) is 23.1 Å². The first-order valence-electron chi connectivity index (χ1n) is 8.63. The Morgan fingerprint density at radius 1 is 1.15 bits per heavy atom. The van der Waals surface area contributed by atoms with E-state index in [2.05, 4.69) is 14.9 Å². The third kappa shape index (κ3) is 3.83. The Hall–Kier alpha value is -2.54. The van der Waals surface area contributed by atoms with Crippen molar-refractivity contribution >= 4 is 0 Å². The lowest BCUT2D eigenvalue weighted by Gasteiger charge is -2.19. The van der Waals surface area contributed by atoms with E-state index in [9.17, 15) is 4.79 Å². The molecule has 1 aromatic carbocycles. The van der Waals surface area contributed by atoms with Gasteiger partial charge in [0.05, 0.1) is 27.0 Å². The van der Waals surface area contributed by atoms with Crippen LogP contribution in [-0.4, -0.2) is 49.3 Å². The number of likely N-dealkylation sites (tertiary alicyclic amines) is 1. The molecule has 1 aliphatic rings. The Labute approximate surface area is 152 Å². The topological polar surface area (TPSA) is 76.7 Å². The van der Waals surface area contributed by atoms with Crippen LogP contribution < -0.4 is 19.8 Å². The fourth-order valence-corrected chi connectivity index (χ4v) is 3.51. The molecule has 7 nitrogen and oxygen atoms in total. The van der Waals surface area contributed by atoms with Gasteiger partial charge in [0.15, 0.2) is 11.5 Å². The summed E-state index contributed by atoms with van der Waals surface area (Å²) in [7, 11) is 4.84. The van der Waals surface area contributed by atoms with Crippen LogP contribution in [0.4, 0.5) is 0 Å². The SMILES string of the molecule is COc1cc(CN2CCC(c3cc(=O)[nH]c(C)n3)C2)cc(OC)c1OC. The summed E-state index contributed by atoms with van der Waals surface area (Å²) < 4.78 is 16.2. The third-order valence-electron chi connectivity index (χ3n) is 4.70. The molecule has 1 aliphatic heterocycles. The Morgan fingerprint density at radius 3 is 2.42 bits per heavy atom. The smallest absolute Gasteiger partial charge is 0.251 e. The lowest BCUT2D eigenvalue weighted by atomic mass is 10.0. The number of nitrogens with one attached hydrogen (secondary N) is 1. The first-order chi connectivity index (χ1) is 12.5. The minimum Gasteiger partial charge on any atom is -0.493 e. The average Bonchev–Trinajstić information content (AvgIpc) is 3.08. The fraction of sp³-hybridized carbons (Fsp3) is 0.474. The Kier molecular flexibility index (Phi) is 5.46. The molecule has 26 heavy (non-hydrogen) atoms. The van der Waals surface area contributed by atoms with Gasteiger partial charge in [0.25, 0.3) is 5.56 Å². The van der Waals surface area contributed by atoms with Crippen LogP contribution in [0, 0.1) is 6.92 Å². The van der Waals surface area contributed by atoms with Crippen molar-refractivity contribution < 1.29 is 14.2 Å². The Balaban J connectivity index is 1.75. The van der Waals surface area contributed by atoms with Crippen LogP contribution in [0.5, 0.6) is 17.2 Å². The monoisotopic (exact) mass is 359 g/mol. The number of aryl methyl sites for hydroxylation is 1. The molecule has 0 bridgehead atoms. The predicted molar refractivity (Wildman–Crippen MR) is 98.3 cm³/mol. The number of aromatic amines is 1. The molecule has 1 aromatic heterocycles. The second-order valence-corrected chi connectivity index (χ2v) is 6.51. The highest BCUT2D eigenvalue weighted by Crippen LogP contribution is 2.39. The van der Waals surface area contributed by atoms with Gasteiger partial charge in [0.1, 0.15) is 5.82 Å². The second-order valence-electron chi connectivity index (χ2n) is 6.51. The predicted octanol–water partition coefficient (Wildman–Crippen LogP) is 2.09. The molecule has 7 heteroatoms. The highest BCUT2D eigenvalue weighted by atomic mass is 16.5. The standard InChI is InChI=1S/C19H25N3O4/c1-12-20-15(9-18(23)21-12)14-5-6-22(11-14)10-13-7-16(24-2)19(26-4)17(8-13)25-3/h7-9,14H,5-6,10-11H2,1-4H3,(H,20,21,23). The van der Waals surface area contributed by atoms with E-state index in [1.54, 1.807) is 27.4 Å². The minimum atomic E-state index is -0.0874. The summed E-state index contributed by atoms with van der Waals surface area (Å²) in [4.78, 5) is 21.2. The zero-order valence-electron chi connectivity index (χ0n) is 15.7.